The summed E-state index contributed by atoms with van der Waals surface area (Å²) in [7, 11) is 0. The number of furan rings is 1. The van der Waals surface area contributed by atoms with E-state index in [4.69, 9.17) is 10.2 Å². The number of aromatic nitrogens is 2. The van der Waals surface area contributed by atoms with Crippen molar-refractivity contribution in [1.29, 1.82) is 0 Å². The van der Waals surface area contributed by atoms with Crippen LogP contribution in [0.5, 0.6) is 0 Å². The molecule has 0 atom stereocenters. The zero-order chi connectivity index (χ0) is 13.7. The molecule has 0 aliphatic carbocycles. The highest BCUT2D eigenvalue weighted by molar-refractivity contribution is 5.94. The van der Waals surface area contributed by atoms with E-state index < -0.39 is 0 Å². The van der Waals surface area contributed by atoms with Crippen molar-refractivity contribution in [1.82, 2.24) is 15.1 Å². The van der Waals surface area contributed by atoms with Gasteiger partial charge in [-0.05, 0) is 26.0 Å². The molecule has 0 aliphatic heterocycles. The number of amides is 1. The Labute approximate surface area is 111 Å². The van der Waals surface area contributed by atoms with Gasteiger partial charge in [0, 0.05) is 24.3 Å². The normalized spacial score (nSPS) is 10.6. The van der Waals surface area contributed by atoms with Gasteiger partial charge in [-0.25, -0.2) is 0 Å². The zero-order valence-electron chi connectivity index (χ0n) is 10.9. The molecule has 0 saturated carbocycles. The topological polar surface area (TPSA) is 86.1 Å². The number of nitrogens with one attached hydrogen (secondary N) is 1. The van der Waals surface area contributed by atoms with Crippen molar-refractivity contribution in [3.63, 3.8) is 0 Å². The first-order valence-corrected chi connectivity index (χ1v) is 6.24. The molecular weight excluding hydrogens is 244 g/mol. The number of nitrogens with zero attached hydrogens (tertiary/aromatic N) is 2. The molecule has 0 saturated heterocycles. The summed E-state index contributed by atoms with van der Waals surface area (Å²) in [5.74, 6) is -0.127. The van der Waals surface area contributed by atoms with Gasteiger partial charge < -0.3 is 15.5 Å². The van der Waals surface area contributed by atoms with Gasteiger partial charge in [-0.2, -0.15) is 5.10 Å². The molecule has 6 heteroatoms. The van der Waals surface area contributed by atoms with Crippen LogP contribution >= 0.6 is 0 Å². The number of hydrogen-bond acceptors (Lipinski definition) is 4. The van der Waals surface area contributed by atoms with Gasteiger partial charge in [-0.15, -0.1) is 0 Å². The molecule has 0 unspecified atom stereocenters. The summed E-state index contributed by atoms with van der Waals surface area (Å²) in [6.45, 7) is 3.68. The van der Waals surface area contributed by atoms with Gasteiger partial charge in [0.25, 0.3) is 5.91 Å². The van der Waals surface area contributed by atoms with Gasteiger partial charge >= 0.3 is 0 Å². The Balaban J connectivity index is 1.97. The van der Waals surface area contributed by atoms with E-state index in [9.17, 15) is 4.79 Å². The minimum absolute atomic E-state index is 0.127. The largest absolute Gasteiger partial charge is 0.472 e. The molecule has 0 radical (unpaired) electrons. The maximum absolute atomic E-state index is 12.0. The van der Waals surface area contributed by atoms with Crippen molar-refractivity contribution < 1.29 is 9.21 Å². The summed E-state index contributed by atoms with van der Waals surface area (Å²) in [6.07, 6.45) is 5.63. The lowest BCUT2D eigenvalue weighted by Crippen LogP contribution is -2.23. The molecule has 102 valence electrons. The van der Waals surface area contributed by atoms with Crippen LogP contribution in [-0.4, -0.2) is 22.2 Å². The second-order valence-corrected chi connectivity index (χ2v) is 4.32. The van der Waals surface area contributed by atoms with E-state index >= 15 is 0 Å². The molecule has 3 N–H and O–H groups in total. The molecular formula is C13H18N4O2. The molecule has 0 spiro atoms. The van der Waals surface area contributed by atoms with Crippen LogP contribution in [-0.2, 0) is 13.1 Å². The van der Waals surface area contributed by atoms with E-state index in [1.807, 2.05) is 13.0 Å². The molecule has 19 heavy (non-hydrogen) atoms. The Morgan fingerprint density at radius 1 is 1.58 bits per heavy atom. The minimum atomic E-state index is -0.127. The van der Waals surface area contributed by atoms with Crippen LogP contribution in [0.1, 0.15) is 28.0 Å². The lowest BCUT2D eigenvalue weighted by atomic mass is 10.2. The van der Waals surface area contributed by atoms with Crippen LogP contribution in [0.4, 0.5) is 0 Å². The number of carbonyl (C=O) groups excluding carboxylic acids is 1. The highest BCUT2D eigenvalue weighted by atomic mass is 16.3. The van der Waals surface area contributed by atoms with Crippen molar-refractivity contribution >= 4 is 5.91 Å². The van der Waals surface area contributed by atoms with Crippen LogP contribution < -0.4 is 11.1 Å². The monoisotopic (exact) mass is 262 g/mol. The summed E-state index contributed by atoms with van der Waals surface area (Å²) in [5, 5.41) is 7.04. The highest BCUT2D eigenvalue weighted by Crippen LogP contribution is 2.08. The van der Waals surface area contributed by atoms with Crippen molar-refractivity contribution in [2.75, 3.05) is 6.54 Å². The second-order valence-electron chi connectivity index (χ2n) is 4.32. The maximum Gasteiger partial charge on any atom is 0.255 e. The Morgan fingerprint density at radius 2 is 2.42 bits per heavy atom. The van der Waals surface area contributed by atoms with Crippen molar-refractivity contribution in [3.8, 4) is 0 Å². The van der Waals surface area contributed by atoms with E-state index in [-0.39, 0.29) is 5.91 Å². The first kappa shape index (κ1) is 13.4. The quantitative estimate of drug-likeness (QED) is 0.815. The highest BCUT2D eigenvalue weighted by Gasteiger charge is 2.13. The van der Waals surface area contributed by atoms with E-state index in [1.165, 1.54) is 0 Å². The number of nitrogens with two attached hydrogens (primary N) is 1. The molecule has 1 amide bonds. The number of aryl methyl sites for hydroxylation is 1. The SMILES string of the molecule is Cc1c(C(=O)NCc2ccoc2)cnn1CCCN. The lowest BCUT2D eigenvalue weighted by Gasteiger charge is -2.05. The molecule has 0 fully saturated rings. The Bertz CT molecular complexity index is 531. The predicted molar refractivity (Wildman–Crippen MR) is 70.5 cm³/mol. The van der Waals surface area contributed by atoms with Gasteiger partial charge in [0.15, 0.2) is 0 Å². The van der Waals surface area contributed by atoms with E-state index in [2.05, 4.69) is 10.4 Å². The number of rotatable bonds is 6. The molecule has 0 bridgehead atoms. The minimum Gasteiger partial charge on any atom is -0.472 e. The van der Waals surface area contributed by atoms with Crippen LogP contribution in [0.3, 0.4) is 0 Å². The third-order valence-corrected chi connectivity index (χ3v) is 2.96. The molecule has 2 rings (SSSR count). The summed E-state index contributed by atoms with van der Waals surface area (Å²) in [4.78, 5) is 12.0. The van der Waals surface area contributed by atoms with Gasteiger partial charge in [0.1, 0.15) is 0 Å². The van der Waals surface area contributed by atoms with Gasteiger partial charge in [0.05, 0.1) is 24.3 Å². The Hall–Kier alpha value is -2.08. The fourth-order valence-electron chi connectivity index (χ4n) is 1.81. The Morgan fingerprint density at radius 3 is 3.11 bits per heavy atom. The standard InChI is InChI=1S/C13H18N4O2/c1-10-12(8-16-17(10)5-2-4-14)13(18)15-7-11-3-6-19-9-11/h3,6,8-9H,2,4-5,7,14H2,1H3,(H,15,18). The average molecular weight is 262 g/mol. The van der Waals surface area contributed by atoms with E-state index in [1.54, 1.807) is 23.4 Å². The fraction of sp³-hybridized carbons (Fsp3) is 0.385. The third kappa shape index (κ3) is 3.23. The first-order chi connectivity index (χ1) is 9.22. The zero-order valence-corrected chi connectivity index (χ0v) is 10.9. The predicted octanol–water partition coefficient (Wildman–Crippen LogP) is 1.06. The molecule has 2 aromatic heterocycles. The van der Waals surface area contributed by atoms with Crippen molar-refractivity contribution in [2.45, 2.75) is 26.4 Å². The number of hydrogen-bond donors (Lipinski definition) is 2. The van der Waals surface area contributed by atoms with Crippen LogP contribution in [0.2, 0.25) is 0 Å². The third-order valence-electron chi connectivity index (χ3n) is 2.96. The average Bonchev–Trinajstić information content (AvgIpc) is 3.03. The summed E-state index contributed by atoms with van der Waals surface area (Å²) in [6, 6.07) is 1.82. The summed E-state index contributed by atoms with van der Waals surface area (Å²) >= 11 is 0. The Kier molecular flexibility index (Phi) is 4.35. The van der Waals surface area contributed by atoms with Crippen LogP contribution in [0.25, 0.3) is 0 Å². The van der Waals surface area contributed by atoms with Crippen molar-refractivity contribution in [3.05, 3.63) is 41.6 Å². The number of carbonyl (C=O) groups is 1. The molecule has 2 aromatic rings. The lowest BCUT2D eigenvalue weighted by molar-refractivity contribution is 0.0950. The summed E-state index contributed by atoms with van der Waals surface area (Å²) < 4.78 is 6.75. The smallest absolute Gasteiger partial charge is 0.255 e. The summed E-state index contributed by atoms with van der Waals surface area (Å²) in [5.41, 5.74) is 7.85. The molecule has 2 heterocycles. The second kappa shape index (κ2) is 6.19. The fourth-order valence-corrected chi connectivity index (χ4v) is 1.81. The van der Waals surface area contributed by atoms with E-state index in [0.717, 1.165) is 24.2 Å². The van der Waals surface area contributed by atoms with Gasteiger partial charge in [0.2, 0.25) is 0 Å². The molecule has 0 aromatic carbocycles. The molecule has 6 nitrogen and oxygen atoms in total. The van der Waals surface area contributed by atoms with Crippen LogP contribution in [0, 0.1) is 6.92 Å². The van der Waals surface area contributed by atoms with E-state index in [0.29, 0.717) is 18.7 Å². The van der Waals surface area contributed by atoms with Crippen molar-refractivity contribution in [2.24, 2.45) is 5.73 Å². The molecule has 0 aliphatic rings. The van der Waals surface area contributed by atoms with Crippen LogP contribution in [0.15, 0.2) is 29.2 Å². The maximum atomic E-state index is 12.0. The first-order valence-electron chi connectivity index (χ1n) is 6.24. The van der Waals surface area contributed by atoms with Gasteiger partial charge in [-0.3, -0.25) is 9.48 Å². The van der Waals surface area contributed by atoms with Gasteiger partial charge in [-0.1, -0.05) is 0 Å².